The van der Waals surface area contributed by atoms with Crippen LogP contribution in [0.25, 0.3) is 0 Å². The molecule has 0 aliphatic rings. The first-order chi connectivity index (χ1) is 10.4. The molecule has 1 aromatic carbocycles. The molecule has 0 bridgehead atoms. The Balaban J connectivity index is 2.90. The highest BCUT2D eigenvalue weighted by molar-refractivity contribution is 9.10. The zero-order valence-corrected chi connectivity index (χ0v) is 14.1. The number of nitrogens with one attached hydrogen (secondary N) is 1. The molecule has 0 aliphatic heterocycles. The van der Waals surface area contributed by atoms with Gasteiger partial charge in [-0.2, -0.15) is 0 Å². The Morgan fingerprint density at radius 1 is 1.36 bits per heavy atom. The Kier molecular flexibility index (Phi) is 7.13. The van der Waals surface area contributed by atoms with Crippen LogP contribution in [0.15, 0.2) is 16.6 Å². The van der Waals surface area contributed by atoms with Crippen LogP contribution in [0.5, 0.6) is 11.5 Å². The number of benzene rings is 1. The third-order valence-electron chi connectivity index (χ3n) is 2.79. The fourth-order valence-electron chi connectivity index (χ4n) is 1.69. The molecular formula is C14H18BrNO6. The quantitative estimate of drug-likeness (QED) is 0.717. The number of hydrogen-bond donors (Lipinski definition) is 2. The number of methoxy groups -OCH3 is 2. The zero-order valence-electron chi connectivity index (χ0n) is 12.5. The number of amides is 1. The fourth-order valence-corrected chi connectivity index (χ4v) is 2.25. The number of carboxylic acids is 1. The van der Waals surface area contributed by atoms with Crippen molar-refractivity contribution in [2.45, 2.75) is 13.0 Å². The average Bonchev–Trinajstić information content (AvgIpc) is 2.49. The predicted molar refractivity (Wildman–Crippen MR) is 82.6 cm³/mol. The van der Waals surface area contributed by atoms with E-state index in [-0.39, 0.29) is 6.54 Å². The highest BCUT2D eigenvalue weighted by atomic mass is 79.9. The number of carbonyl (C=O) groups excluding carboxylic acids is 1. The third-order valence-corrected chi connectivity index (χ3v) is 3.38. The molecule has 0 saturated carbocycles. The summed E-state index contributed by atoms with van der Waals surface area (Å²) in [5.41, 5.74) is 0.312. The van der Waals surface area contributed by atoms with Gasteiger partial charge in [0.05, 0.1) is 24.7 Å². The largest absolute Gasteiger partial charge is 0.493 e. The minimum Gasteiger partial charge on any atom is -0.493 e. The molecule has 1 rings (SSSR count). The molecule has 1 amide bonds. The van der Waals surface area contributed by atoms with Crippen LogP contribution in [0.2, 0.25) is 0 Å². The van der Waals surface area contributed by atoms with Crippen LogP contribution in [0.4, 0.5) is 0 Å². The average molecular weight is 376 g/mol. The van der Waals surface area contributed by atoms with Crippen molar-refractivity contribution < 1.29 is 28.9 Å². The van der Waals surface area contributed by atoms with Gasteiger partial charge in [-0.3, -0.25) is 4.79 Å². The van der Waals surface area contributed by atoms with Crippen molar-refractivity contribution in [3.8, 4) is 11.5 Å². The molecule has 0 saturated heterocycles. The van der Waals surface area contributed by atoms with Crippen LogP contribution in [0, 0.1) is 0 Å². The molecule has 1 unspecified atom stereocenters. The molecule has 0 heterocycles. The first-order valence-corrected chi connectivity index (χ1v) is 7.28. The van der Waals surface area contributed by atoms with Gasteiger partial charge in [-0.25, -0.2) is 4.79 Å². The van der Waals surface area contributed by atoms with Crippen LogP contribution < -0.4 is 14.8 Å². The Bertz CT molecular complexity index is 548. The molecule has 7 nitrogen and oxygen atoms in total. The lowest BCUT2D eigenvalue weighted by Gasteiger charge is -2.14. The number of carbonyl (C=O) groups is 2. The van der Waals surface area contributed by atoms with Crippen molar-refractivity contribution in [3.05, 3.63) is 22.2 Å². The number of halogens is 1. The molecule has 8 heteroatoms. The molecule has 0 spiro atoms. The summed E-state index contributed by atoms with van der Waals surface area (Å²) >= 11 is 3.32. The van der Waals surface area contributed by atoms with Crippen LogP contribution in [0.1, 0.15) is 17.3 Å². The summed E-state index contributed by atoms with van der Waals surface area (Å²) in [7, 11) is 2.73. The molecule has 122 valence electrons. The van der Waals surface area contributed by atoms with Crippen LogP contribution in [0.3, 0.4) is 0 Å². The van der Waals surface area contributed by atoms with Crippen molar-refractivity contribution >= 4 is 27.8 Å². The van der Waals surface area contributed by atoms with Crippen molar-refractivity contribution in [3.63, 3.8) is 0 Å². The molecule has 1 aromatic rings. The highest BCUT2D eigenvalue weighted by Gasteiger charge is 2.19. The number of aliphatic carboxylic acids is 1. The lowest BCUT2D eigenvalue weighted by molar-refractivity contribution is -0.148. The topological polar surface area (TPSA) is 94.1 Å². The first-order valence-electron chi connectivity index (χ1n) is 6.48. The molecule has 0 fully saturated rings. The number of carboxylic acid groups (broad SMARTS) is 1. The minimum absolute atomic E-state index is 0.141. The van der Waals surface area contributed by atoms with E-state index in [9.17, 15) is 9.59 Å². The van der Waals surface area contributed by atoms with E-state index in [0.717, 1.165) is 0 Å². The predicted octanol–water partition coefficient (Wildman–Crippen LogP) is 1.69. The number of hydrogen-bond acceptors (Lipinski definition) is 5. The number of rotatable bonds is 8. The molecule has 1 atom stereocenters. The van der Waals surface area contributed by atoms with E-state index in [4.69, 9.17) is 19.3 Å². The van der Waals surface area contributed by atoms with Gasteiger partial charge in [0.15, 0.2) is 17.6 Å². The van der Waals surface area contributed by atoms with Gasteiger partial charge in [-0.15, -0.1) is 0 Å². The van der Waals surface area contributed by atoms with Gasteiger partial charge in [0.2, 0.25) is 0 Å². The Hall–Kier alpha value is -1.80. The summed E-state index contributed by atoms with van der Waals surface area (Å²) in [5.74, 6) is -0.677. The van der Waals surface area contributed by atoms with Gasteiger partial charge < -0.3 is 24.6 Å². The summed E-state index contributed by atoms with van der Waals surface area (Å²) in [6, 6.07) is 3.10. The summed E-state index contributed by atoms with van der Waals surface area (Å²) in [6.07, 6.45) is -1.10. The van der Waals surface area contributed by atoms with Gasteiger partial charge in [0.1, 0.15) is 0 Å². The fraction of sp³-hybridized carbons (Fsp3) is 0.429. The molecular weight excluding hydrogens is 358 g/mol. The van der Waals surface area contributed by atoms with E-state index in [2.05, 4.69) is 21.2 Å². The van der Waals surface area contributed by atoms with Crippen LogP contribution in [-0.4, -0.2) is 50.5 Å². The monoisotopic (exact) mass is 375 g/mol. The minimum atomic E-state index is -1.15. The third kappa shape index (κ3) is 4.60. The van der Waals surface area contributed by atoms with E-state index in [1.807, 2.05) is 6.92 Å². The second kappa shape index (κ2) is 8.60. The van der Waals surface area contributed by atoms with Crippen molar-refractivity contribution in [2.24, 2.45) is 0 Å². The molecule has 0 aromatic heterocycles. The van der Waals surface area contributed by atoms with Gasteiger partial charge in [0.25, 0.3) is 5.91 Å². The standard InChI is InChI=1S/C14H18BrNO6/c1-4-22-12-9(15)5-8(6-10(12)20-2)13(17)16-7-11(21-3)14(18)19/h5-6,11H,4,7H2,1-3H3,(H,16,17)(H,18,19). The van der Waals surface area contributed by atoms with E-state index >= 15 is 0 Å². The zero-order chi connectivity index (χ0) is 16.7. The van der Waals surface area contributed by atoms with Crippen molar-refractivity contribution in [1.82, 2.24) is 5.32 Å². The van der Waals surface area contributed by atoms with E-state index in [0.29, 0.717) is 28.1 Å². The lowest BCUT2D eigenvalue weighted by atomic mass is 10.2. The normalized spacial score (nSPS) is 11.6. The van der Waals surface area contributed by atoms with E-state index in [1.54, 1.807) is 6.07 Å². The van der Waals surface area contributed by atoms with Crippen LogP contribution in [-0.2, 0) is 9.53 Å². The second-order valence-corrected chi connectivity index (χ2v) is 5.05. The Morgan fingerprint density at radius 2 is 2.05 bits per heavy atom. The van der Waals surface area contributed by atoms with Crippen molar-refractivity contribution in [1.29, 1.82) is 0 Å². The maximum Gasteiger partial charge on any atom is 0.334 e. The van der Waals surface area contributed by atoms with E-state index in [1.165, 1.54) is 20.3 Å². The second-order valence-electron chi connectivity index (χ2n) is 4.20. The molecule has 22 heavy (non-hydrogen) atoms. The lowest BCUT2D eigenvalue weighted by Crippen LogP contribution is -2.37. The Morgan fingerprint density at radius 3 is 2.55 bits per heavy atom. The summed E-state index contributed by atoms with van der Waals surface area (Å²) < 4.78 is 16.0. The SMILES string of the molecule is CCOc1c(Br)cc(C(=O)NCC(OC)C(=O)O)cc1OC. The molecule has 0 aliphatic carbocycles. The first kappa shape index (κ1) is 18.2. The maximum atomic E-state index is 12.1. The van der Waals surface area contributed by atoms with E-state index < -0.39 is 18.0 Å². The molecule has 2 N–H and O–H groups in total. The van der Waals surface area contributed by atoms with Gasteiger partial charge in [0, 0.05) is 12.7 Å². The number of ether oxygens (including phenoxy) is 3. The van der Waals surface area contributed by atoms with Gasteiger partial charge in [-0.1, -0.05) is 0 Å². The Labute approximate surface area is 136 Å². The highest BCUT2D eigenvalue weighted by Crippen LogP contribution is 2.36. The smallest absolute Gasteiger partial charge is 0.334 e. The van der Waals surface area contributed by atoms with Gasteiger partial charge >= 0.3 is 5.97 Å². The summed E-state index contributed by atoms with van der Waals surface area (Å²) in [4.78, 5) is 22.9. The van der Waals surface area contributed by atoms with Gasteiger partial charge in [-0.05, 0) is 35.0 Å². The molecule has 0 radical (unpaired) electrons. The van der Waals surface area contributed by atoms with Crippen LogP contribution >= 0.6 is 15.9 Å². The summed E-state index contributed by atoms with van der Waals surface area (Å²) in [5, 5.41) is 11.4. The van der Waals surface area contributed by atoms with Crippen molar-refractivity contribution in [2.75, 3.05) is 27.4 Å². The summed E-state index contributed by atoms with van der Waals surface area (Å²) in [6.45, 7) is 2.15. The maximum absolute atomic E-state index is 12.1.